The Labute approximate surface area is 419 Å². The van der Waals surface area contributed by atoms with Crippen LogP contribution in [0.1, 0.15) is 113 Å². The van der Waals surface area contributed by atoms with Crippen molar-refractivity contribution >= 4 is 65.9 Å². The van der Waals surface area contributed by atoms with Gasteiger partial charge in [0.2, 0.25) is 17.3 Å². The minimum absolute atomic E-state index is 0. The van der Waals surface area contributed by atoms with Gasteiger partial charge in [-0.15, -0.1) is 64.9 Å². The van der Waals surface area contributed by atoms with Crippen molar-refractivity contribution in [1.82, 2.24) is 29.5 Å². The van der Waals surface area contributed by atoms with Crippen LogP contribution in [0.4, 0.5) is 0 Å². The number of aromatic nitrogens is 6. The van der Waals surface area contributed by atoms with Crippen molar-refractivity contribution in [2.75, 3.05) is 0 Å². The molecule has 8 nitrogen and oxygen atoms in total. The third kappa shape index (κ3) is 8.48. The fraction of sp³-hybridized carbons (Fsp3) is 0.259. The maximum Gasteiger partial charge on any atom is 0.218 e. The van der Waals surface area contributed by atoms with Gasteiger partial charge in [-0.05, 0) is 81.1 Å². The molecule has 0 saturated carbocycles. The molecule has 68 heavy (non-hydrogen) atoms. The summed E-state index contributed by atoms with van der Waals surface area (Å²) in [7, 11) is 0. The number of hydrogen-bond acceptors (Lipinski definition) is 8. The second-order valence-corrected chi connectivity index (χ2v) is 20.7. The molecular formula is C58H54IrN6O2S-2. The summed E-state index contributed by atoms with van der Waals surface area (Å²) in [6.07, 6.45) is 1.95. The molecule has 0 aliphatic heterocycles. The molecule has 6 aromatic heterocycles. The van der Waals surface area contributed by atoms with Crippen molar-refractivity contribution < 1.29 is 33.1 Å². The van der Waals surface area contributed by atoms with Gasteiger partial charge in [0, 0.05) is 46.9 Å². The number of aryl methyl sites for hydroxylation is 1. The van der Waals surface area contributed by atoms with Crippen molar-refractivity contribution in [2.45, 2.75) is 98.8 Å². The van der Waals surface area contributed by atoms with E-state index in [1.165, 1.54) is 5.56 Å². The number of nitrogens with zero attached hydrogens (tertiary/aromatic N) is 6. The van der Waals surface area contributed by atoms with Crippen LogP contribution in [0, 0.1) is 19.0 Å². The third-order valence-electron chi connectivity index (χ3n) is 12.2. The Morgan fingerprint density at radius 1 is 0.750 bits per heavy atom. The Morgan fingerprint density at radius 3 is 2.15 bits per heavy atom. The molecule has 11 aromatic rings. The molecule has 5 aromatic carbocycles. The average Bonchev–Trinajstić information content (AvgIpc) is 4.14. The molecule has 0 spiro atoms. The molecule has 0 N–H and O–H groups in total. The molecule has 1 radical (unpaired) electrons. The molecule has 0 fully saturated rings. The fourth-order valence-corrected chi connectivity index (χ4v) is 9.30. The molecule has 345 valence electrons. The van der Waals surface area contributed by atoms with Crippen molar-refractivity contribution in [1.29, 1.82) is 0 Å². The van der Waals surface area contributed by atoms with Crippen molar-refractivity contribution in [2.24, 2.45) is 0 Å². The van der Waals surface area contributed by atoms with Crippen LogP contribution in [0.2, 0.25) is 0 Å². The van der Waals surface area contributed by atoms with Crippen LogP contribution in [-0.4, -0.2) is 29.5 Å². The number of hydrogen-bond donors (Lipinski definition) is 0. The van der Waals surface area contributed by atoms with Crippen molar-refractivity contribution in [3.05, 3.63) is 155 Å². The predicted molar refractivity (Wildman–Crippen MR) is 275 cm³/mol. The first-order chi connectivity index (χ1) is 33.3. The minimum atomic E-state index is -2.47. The Hall–Kier alpha value is -6.32. The summed E-state index contributed by atoms with van der Waals surface area (Å²) in [4.78, 5) is 24.1. The van der Waals surface area contributed by atoms with Crippen molar-refractivity contribution in [3.63, 3.8) is 0 Å². The van der Waals surface area contributed by atoms with Crippen LogP contribution in [0.5, 0.6) is 0 Å². The predicted octanol–water partition coefficient (Wildman–Crippen LogP) is 15.9. The molecule has 0 bridgehead atoms. The van der Waals surface area contributed by atoms with Gasteiger partial charge < -0.3 is 18.4 Å². The Kier molecular flexibility index (Phi) is 11.4. The summed E-state index contributed by atoms with van der Waals surface area (Å²) >= 11 is 1.58. The average molecular weight is 1090 g/mol. The van der Waals surface area contributed by atoms with E-state index in [-0.39, 0.29) is 54.0 Å². The standard InChI is InChI=1S/C43H38N5O2S.C15H16N.Ir/c1-22(2)28-18-26(25-12-10-9-11-13-25)19-29(23(3)4)36(28)48-37-31(16-17-33-35(37)44-21-51-33)45-40(48)27-15-14-24(5)34-30-20-32-39(46-41(30)50-38(27)34)47-42(49-32)43(6,7)8;1-15(2,3)13-9-10-14(16-11-13)12-7-5-4-6-8-12;/h9-14,16-23H,1-8H3;4-7,9-11H,1-3H3;/q2*-1;/i5D3;;. The molecule has 0 unspecified atom stereocenters. The Bertz CT molecular complexity index is 3700. The van der Waals surface area contributed by atoms with Gasteiger partial charge in [-0.3, -0.25) is 4.98 Å². The second-order valence-electron chi connectivity index (χ2n) is 19.9. The van der Waals surface area contributed by atoms with Gasteiger partial charge in [0.1, 0.15) is 5.52 Å². The van der Waals surface area contributed by atoms with E-state index >= 15 is 0 Å². The SMILES string of the molecule is CC(C)(C)c1ccc(-c2[c-]cccc2)nc1.[2H]C([2H])([2H])c1c[c-]c(-c2nc3ccc4scnc4c3n2-c2c(C(C)C)cc(-c3ccccc3)cc2C(C)C)c2oc3nc4nc(C(C)(C)C)oc4cc3c12.[Ir]. The summed E-state index contributed by atoms with van der Waals surface area (Å²) < 4.78 is 41.7. The summed E-state index contributed by atoms with van der Waals surface area (Å²) in [6, 6.07) is 41.1. The second kappa shape index (κ2) is 18.0. The molecule has 0 amide bonds. The van der Waals surface area contributed by atoms with Crippen LogP contribution in [0.25, 0.3) is 94.0 Å². The first-order valence-corrected chi connectivity index (χ1v) is 23.7. The van der Waals surface area contributed by atoms with E-state index in [0.717, 1.165) is 60.4 Å². The van der Waals surface area contributed by atoms with Gasteiger partial charge in [-0.2, -0.15) is 9.97 Å². The smallest absolute Gasteiger partial charge is 0.218 e. The number of rotatable bonds is 6. The maximum absolute atomic E-state index is 8.56. The van der Waals surface area contributed by atoms with E-state index in [9.17, 15) is 0 Å². The van der Waals surface area contributed by atoms with Gasteiger partial charge in [0.05, 0.1) is 32.7 Å². The van der Waals surface area contributed by atoms with Crippen molar-refractivity contribution in [3.8, 4) is 39.5 Å². The van der Waals surface area contributed by atoms with E-state index in [1.54, 1.807) is 23.5 Å². The van der Waals surface area contributed by atoms with Gasteiger partial charge in [0.15, 0.2) is 5.58 Å². The minimum Gasteiger partial charge on any atom is -0.486 e. The maximum atomic E-state index is 8.56. The molecule has 11 rings (SSSR count). The van der Waals surface area contributed by atoms with Gasteiger partial charge in [0.25, 0.3) is 0 Å². The van der Waals surface area contributed by atoms with E-state index in [0.29, 0.717) is 44.9 Å². The number of pyridine rings is 2. The van der Waals surface area contributed by atoms with Crippen LogP contribution < -0.4 is 0 Å². The number of imidazole rings is 1. The number of benzene rings is 5. The van der Waals surface area contributed by atoms with Crippen LogP contribution in [0.15, 0.2) is 124 Å². The first-order valence-electron chi connectivity index (χ1n) is 24.3. The van der Waals surface area contributed by atoms with Crippen LogP contribution in [-0.2, 0) is 30.9 Å². The zero-order valence-corrected chi connectivity index (χ0v) is 43.1. The first kappa shape index (κ1) is 43.0. The number of furan rings is 1. The van der Waals surface area contributed by atoms with E-state index < -0.39 is 6.85 Å². The summed E-state index contributed by atoms with van der Waals surface area (Å²) in [6.45, 7) is 19.0. The normalized spacial score (nSPS) is 13.0. The summed E-state index contributed by atoms with van der Waals surface area (Å²) in [5, 5.41) is 0.949. The molecule has 10 heteroatoms. The molecule has 0 saturated heterocycles. The Morgan fingerprint density at radius 2 is 1.50 bits per heavy atom. The third-order valence-corrected chi connectivity index (χ3v) is 13.0. The Balaban J connectivity index is 0.000000313. The molecular weight excluding hydrogens is 1040 g/mol. The van der Waals surface area contributed by atoms with E-state index in [4.69, 9.17) is 27.9 Å². The van der Waals surface area contributed by atoms with Crippen LogP contribution in [0.3, 0.4) is 0 Å². The molecule has 0 aliphatic carbocycles. The number of oxazole rings is 1. The quantitative estimate of drug-likeness (QED) is 0.153. The van der Waals surface area contributed by atoms with Gasteiger partial charge in [-0.25, -0.2) is 4.98 Å². The van der Waals surface area contributed by atoms with E-state index in [2.05, 4.69) is 130 Å². The molecule has 6 heterocycles. The summed E-state index contributed by atoms with van der Waals surface area (Å²) in [5.41, 5.74) is 15.1. The molecule has 0 atom stereocenters. The van der Waals surface area contributed by atoms with Crippen LogP contribution >= 0.6 is 11.3 Å². The fourth-order valence-electron chi connectivity index (χ4n) is 8.62. The number of thiazole rings is 1. The van der Waals surface area contributed by atoms with Gasteiger partial charge >= 0.3 is 0 Å². The largest absolute Gasteiger partial charge is 0.486 e. The molecule has 0 aliphatic rings. The van der Waals surface area contributed by atoms with Gasteiger partial charge in [-0.1, -0.05) is 130 Å². The van der Waals surface area contributed by atoms with E-state index in [1.807, 2.05) is 68.9 Å². The summed E-state index contributed by atoms with van der Waals surface area (Å²) in [5.74, 6) is 1.38. The topological polar surface area (TPSA) is 95.7 Å². The number of fused-ring (bicyclic) bond motifs is 7. The zero-order valence-electron chi connectivity index (χ0n) is 42.9. The monoisotopic (exact) mass is 1090 g/mol. The zero-order chi connectivity index (χ0) is 49.4.